The summed E-state index contributed by atoms with van der Waals surface area (Å²) in [5.41, 5.74) is 0.561. The predicted molar refractivity (Wildman–Crippen MR) is 88.0 cm³/mol. The van der Waals surface area contributed by atoms with Crippen molar-refractivity contribution >= 4 is 6.09 Å². The largest absolute Gasteiger partial charge is 0.450 e. The van der Waals surface area contributed by atoms with Crippen LogP contribution in [0.25, 0.3) is 0 Å². The molecule has 2 bridgehead atoms. The Labute approximate surface area is 135 Å². The maximum atomic E-state index is 12.2. The molecule has 0 radical (unpaired) electrons. The highest BCUT2D eigenvalue weighted by molar-refractivity contribution is 5.67. The summed E-state index contributed by atoms with van der Waals surface area (Å²) in [5, 5.41) is 4.10. The zero-order chi connectivity index (χ0) is 15.5. The molecule has 0 aromatic carbocycles. The van der Waals surface area contributed by atoms with Gasteiger partial charge in [0.2, 0.25) is 0 Å². The number of carbonyl (C=O) groups is 1. The second-order valence-electron chi connectivity index (χ2n) is 7.64. The normalized spacial score (nSPS) is 36.3. The minimum Gasteiger partial charge on any atom is -0.450 e. The highest BCUT2D eigenvalue weighted by Crippen LogP contribution is 2.43. The molecule has 3 aliphatic rings. The fraction of sp³-hybridized carbons (Fsp3) is 0.944. The molecule has 1 amide bonds. The van der Waals surface area contributed by atoms with E-state index in [1.54, 1.807) is 0 Å². The van der Waals surface area contributed by atoms with E-state index in [0.29, 0.717) is 6.61 Å². The minimum atomic E-state index is -0.110. The first-order valence-corrected chi connectivity index (χ1v) is 9.38. The number of hydrogen-bond acceptors (Lipinski definition) is 3. The smallest absolute Gasteiger partial charge is 0.409 e. The summed E-state index contributed by atoms with van der Waals surface area (Å²) in [6.45, 7) is 4.07. The van der Waals surface area contributed by atoms with E-state index >= 15 is 0 Å². The molecule has 2 unspecified atom stereocenters. The molecule has 3 saturated heterocycles. The molecule has 0 spiro atoms. The molecule has 2 atom stereocenters. The van der Waals surface area contributed by atoms with Crippen LogP contribution in [-0.2, 0) is 4.74 Å². The number of carbonyl (C=O) groups excluding carboxylic acids is 1. The van der Waals surface area contributed by atoms with Gasteiger partial charge in [-0.1, -0.05) is 32.1 Å². The van der Waals surface area contributed by atoms with Crippen LogP contribution in [0.15, 0.2) is 0 Å². The third kappa shape index (κ3) is 3.42. The monoisotopic (exact) mass is 308 g/mol. The summed E-state index contributed by atoms with van der Waals surface area (Å²) in [7, 11) is 0. The Hall–Kier alpha value is -0.770. The summed E-state index contributed by atoms with van der Waals surface area (Å²) in [6, 6.07) is 0. The maximum Gasteiger partial charge on any atom is 0.409 e. The van der Waals surface area contributed by atoms with Crippen molar-refractivity contribution in [3.63, 3.8) is 0 Å². The van der Waals surface area contributed by atoms with Gasteiger partial charge in [0.25, 0.3) is 0 Å². The Morgan fingerprint density at radius 2 is 1.45 bits per heavy atom. The molecule has 0 aliphatic carbocycles. The quantitative estimate of drug-likeness (QED) is 0.800. The molecular formula is C18H32N2O2. The van der Waals surface area contributed by atoms with Crippen LogP contribution in [0.1, 0.15) is 77.6 Å². The van der Waals surface area contributed by atoms with Crippen LogP contribution in [0.2, 0.25) is 0 Å². The number of hydrogen-bond donors (Lipinski definition) is 1. The Balaban J connectivity index is 1.76. The average molecular weight is 308 g/mol. The fourth-order valence-electron chi connectivity index (χ4n) is 4.83. The van der Waals surface area contributed by atoms with Crippen LogP contribution >= 0.6 is 0 Å². The minimum absolute atomic E-state index is 0.110. The van der Waals surface area contributed by atoms with E-state index in [2.05, 4.69) is 5.32 Å². The molecule has 4 nitrogen and oxygen atoms in total. The number of amides is 1. The van der Waals surface area contributed by atoms with E-state index in [-0.39, 0.29) is 17.2 Å². The van der Waals surface area contributed by atoms with E-state index < -0.39 is 0 Å². The number of rotatable bonds is 1. The topological polar surface area (TPSA) is 41.6 Å². The van der Waals surface area contributed by atoms with Gasteiger partial charge in [0, 0.05) is 24.2 Å². The van der Waals surface area contributed by atoms with Crippen molar-refractivity contribution in [2.75, 3.05) is 19.7 Å². The van der Waals surface area contributed by atoms with Crippen LogP contribution in [0.5, 0.6) is 0 Å². The summed E-state index contributed by atoms with van der Waals surface area (Å²) in [6.07, 6.45) is 14.1. The molecule has 0 aromatic rings. The number of nitrogens with zero attached hydrogens (tertiary/aromatic N) is 1. The van der Waals surface area contributed by atoms with Gasteiger partial charge in [0.15, 0.2) is 0 Å². The van der Waals surface area contributed by atoms with E-state index in [4.69, 9.17) is 4.74 Å². The van der Waals surface area contributed by atoms with E-state index in [0.717, 1.165) is 25.9 Å². The SMILES string of the molecule is CCOC(=O)N1CCC23CCCCCCCC(CC1)(CC2)N3. The van der Waals surface area contributed by atoms with Gasteiger partial charge >= 0.3 is 6.09 Å². The first-order chi connectivity index (χ1) is 10.7. The van der Waals surface area contributed by atoms with Crippen molar-refractivity contribution < 1.29 is 9.53 Å². The van der Waals surface area contributed by atoms with Crippen molar-refractivity contribution in [3.05, 3.63) is 0 Å². The van der Waals surface area contributed by atoms with Gasteiger partial charge in [0.05, 0.1) is 6.61 Å². The van der Waals surface area contributed by atoms with Crippen molar-refractivity contribution in [1.29, 1.82) is 0 Å². The van der Waals surface area contributed by atoms with Gasteiger partial charge < -0.3 is 15.0 Å². The summed E-state index contributed by atoms with van der Waals surface area (Å²) < 4.78 is 5.25. The highest BCUT2D eigenvalue weighted by Gasteiger charge is 2.48. The molecule has 0 saturated carbocycles. The predicted octanol–water partition coefficient (Wildman–Crippen LogP) is 3.84. The maximum absolute atomic E-state index is 12.2. The van der Waals surface area contributed by atoms with Crippen LogP contribution < -0.4 is 5.32 Å². The van der Waals surface area contributed by atoms with Gasteiger partial charge in [-0.25, -0.2) is 4.79 Å². The molecule has 4 heteroatoms. The van der Waals surface area contributed by atoms with E-state index in [1.165, 1.54) is 57.8 Å². The second kappa shape index (κ2) is 6.77. The molecule has 3 heterocycles. The zero-order valence-electron chi connectivity index (χ0n) is 14.2. The molecule has 126 valence electrons. The Bertz CT molecular complexity index is 367. The molecule has 3 rings (SSSR count). The average Bonchev–Trinajstić information content (AvgIpc) is 2.86. The van der Waals surface area contributed by atoms with Crippen LogP contribution in [0, 0.1) is 0 Å². The molecular weight excluding hydrogens is 276 g/mol. The van der Waals surface area contributed by atoms with Crippen LogP contribution in [0.4, 0.5) is 4.79 Å². The third-order valence-corrected chi connectivity index (χ3v) is 6.17. The van der Waals surface area contributed by atoms with Crippen LogP contribution in [-0.4, -0.2) is 41.8 Å². The summed E-state index contributed by atoms with van der Waals surface area (Å²) >= 11 is 0. The lowest BCUT2D eigenvalue weighted by atomic mass is 9.85. The van der Waals surface area contributed by atoms with Gasteiger partial charge in [-0.3, -0.25) is 0 Å². The standard InChI is InChI=1S/C18H32N2O2/c1-2-22-16(21)20-14-12-17-8-6-4-3-5-7-9-18(19-17,11-10-17)13-15-20/h19H,2-15H2,1H3. The molecule has 22 heavy (non-hydrogen) atoms. The lowest BCUT2D eigenvalue weighted by molar-refractivity contribution is 0.0877. The first kappa shape index (κ1) is 16.1. The Morgan fingerprint density at radius 3 is 2.00 bits per heavy atom. The summed E-state index contributed by atoms with van der Waals surface area (Å²) in [4.78, 5) is 14.1. The van der Waals surface area contributed by atoms with E-state index in [1.807, 2.05) is 11.8 Å². The highest BCUT2D eigenvalue weighted by atomic mass is 16.6. The van der Waals surface area contributed by atoms with Crippen LogP contribution in [0.3, 0.4) is 0 Å². The van der Waals surface area contributed by atoms with Crippen molar-refractivity contribution in [1.82, 2.24) is 10.2 Å². The lowest BCUT2D eigenvalue weighted by Crippen LogP contribution is -2.56. The zero-order valence-corrected chi connectivity index (χ0v) is 14.2. The van der Waals surface area contributed by atoms with Crippen molar-refractivity contribution in [2.45, 2.75) is 88.6 Å². The molecule has 3 aliphatic heterocycles. The van der Waals surface area contributed by atoms with Gasteiger partial charge in [0.1, 0.15) is 0 Å². The molecule has 1 N–H and O–H groups in total. The fourth-order valence-corrected chi connectivity index (χ4v) is 4.83. The number of ether oxygens (including phenoxy) is 1. The number of nitrogens with one attached hydrogen (secondary N) is 1. The lowest BCUT2D eigenvalue weighted by Gasteiger charge is -2.42. The summed E-state index contributed by atoms with van der Waals surface area (Å²) in [5.74, 6) is 0. The van der Waals surface area contributed by atoms with E-state index in [9.17, 15) is 4.79 Å². The third-order valence-electron chi connectivity index (χ3n) is 6.17. The van der Waals surface area contributed by atoms with Gasteiger partial charge in [-0.05, 0) is 45.4 Å². The molecule has 0 aromatic heterocycles. The second-order valence-corrected chi connectivity index (χ2v) is 7.64. The van der Waals surface area contributed by atoms with Gasteiger partial charge in [-0.2, -0.15) is 0 Å². The van der Waals surface area contributed by atoms with Crippen molar-refractivity contribution in [2.24, 2.45) is 0 Å². The van der Waals surface area contributed by atoms with Gasteiger partial charge in [-0.15, -0.1) is 0 Å². The first-order valence-electron chi connectivity index (χ1n) is 9.38. The Kier molecular flexibility index (Phi) is 4.96. The Morgan fingerprint density at radius 1 is 0.909 bits per heavy atom. The van der Waals surface area contributed by atoms with Crippen molar-refractivity contribution in [3.8, 4) is 0 Å². The molecule has 3 fully saturated rings.